The molecule has 0 bridgehead atoms. The standard InChI is InChI=1S/C19H23N3O4S/c1-14-6-5-7-16(10-14)12-20-21-19(23)13-22(3)27(24,25)18-11-15(2)8-9-17(18)26-4/h5-12H,13H2,1-4H3,(H,21,23)/b20-12+. The predicted molar refractivity (Wildman–Crippen MR) is 104 cm³/mol. The van der Waals surface area contributed by atoms with Crippen molar-refractivity contribution in [3.63, 3.8) is 0 Å². The van der Waals surface area contributed by atoms with Crippen LogP contribution < -0.4 is 10.2 Å². The van der Waals surface area contributed by atoms with Crippen LogP contribution in [0.5, 0.6) is 5.75 Å². The lowest BCUT2D eigenvalue weighted by molar-refractivity contribution is -0.121. The Kier molecular flexibility index (Phi) is 6.70. The number of rotatable bonds is 7. The molecule has 0 aromatic heterocycles. The maximum atomic E-state index is 12.8. The highest BCUT2D eigenvalue weighted by Crippen LogP contribution is 2.26. The normalized spacial score (nSPS) is 11.7. The molecule has 0 fully saturated rings. The number of carbonyl (C=O) groups excluding carboxylic acids is 1. The van der Waals surface area contributed by atoms with Crippen molar-refractivity contribution >= 4 is 22.1 Å². The molecular formula is C19H23N3O4S. The smallest absolute Gasteiger partial charge is 0.255 e. The van der Waals surface area contributed by atoms with Crippen LogP contribution in [0.25, 0.3) is 0 Å². The number of methoxy groups -OCH3 is 1. The Morgan fingerprint density at radius 3 is 2.56 bits per heavy atom. The average Bonchev–Trinajstić information content (AvgIpc) is 2.61. The first-order chi connectivity index (χ1) is 12.7. The Labute approximate surface area is 159 Å². The summed E-state index contributed by atoms with van der Waals surface area (Å²) in [5.74, 6) is -0.318. The maximum Gasteiger partial charge on any atom is 0.255 e. The van der Waals surface area contributed by atoms with Gasteiger partial charge < -0.3 is 4.74 Å². The zero-order valence-corrected chi connectivity index (χ0v) is 16.6. The van der Waals surface area contributed by atoms with Gasteiger partial charge in [-0.05, 0) is 37.1 Å². The zero-order valence-electron chi connectivity index (χ0n) is 15.8. The lowest BCUT2D eigenvalue weighted by Gasteiger charge is -2.18. The largest absolute Gasteiger partial charge is 0.495 e. The molecule has 1 amide bonds. The number of sulfonamides is 1. The third kappa shape index (κ3) is 5.38. The van der Waals surface area contributed by atoms with E-state index in [9.17, 15) is 13.2 Å². The number of carbonyl (C=O) groups is 1. The van der Waals surface area contributed by atoms with Crippen molar-refractivity contribution in [1.82, 2.24) is 9.73 Å². The van der Waals surface area contributed by atoms with Crippen molar-refractivity contribution in [3.8, 4) is 5.75 Å². The second-order valence-corrected chi connectivity index (χ2v) is 8.14. The summed E-state index contributed by atoms with van der Waals surface area (Å²) in [6.45, 7) is 3.37. The number of amides is 1. The van der Waals surface area contributed by atoms with Crippen LogP contribution in [0.1, 0.15) is 16.7 Å². The van der Waals surface area contributed by atoms with Crippen molar-refractivity contribution in [3.05, 3.63) is 59.2 Å². The van der Waals surface area contributed by atoms with Crippen LogP contribution in [0.4, 0.5) is 0 Å². The monoisotopic (exact) mass is 389 g/mol. The summed E-state index contributed by atoms with van der Waals surface area (Å²) in [5.41, 5.74) is 5.02. The fraction of sp³-hybridized carbons (Fsp3) is 0.263. The summed E-state index contributed by atoms with van der Waals surface area (Å²) >= 11 is 0. The highest BCUT2D eigenvalue weighted by Gasteiger charge is 2.26. The lowest BCUT2D eigenvalue weighted by atomic mass is 10.2. The van der Waals surface area contributed by atoms with Gasteiger partial charge in [-0.25, -0.2) is 13.8 Å². The Hall–Kier alpha value is -2.71. The molecule has 0 spiro atoms. The van der Waals surface area contributed by atoms with Gasteiger partial charge >= 0.3 is 0 Å². The van der Waals surface area contributed by atoms with Gasteiger partial charge in [0.2, 0.25) is 10.0 Å². The number of benzene rings is 2. The highest BCUT2D eigenvalue weighted by atomic mass is 32.2. The van der Waals surface area contributed by atoms with Gasteiger partial charge in [0.05, 0.1) is 19.9 Å². The fourth-order valence-corrected chi connectivity index (χ4v) is 3.77. The summed E-state index contributed by atoms with van der Waals surface area (Å²) in [7, 11) is -1.15. The van der Waals surface area contributed by atoms with E-state index in [4.69, 9.17) is 4.74 Å². The molecular weight excluding hydrogens is 366 g/mol. The van der Waals surface area contributed by atoms with Gasteiger partial charge in [0.1, 0.15) is 10.6 Å². The molecule has 0 aliphatic rings. The van der Waals surface area contributed by atoms with Gasteiger partial charge in [-0.15, -0.1) is 0 Å². The molecule has 0 unspecified atom stereocenters. The van der Waals surface area contributed by atoms with Crippen molar-refractivity contribution < 1.29 is 17.9 Å². The van der Waals surface area contributed by atoms with E-state index in [2.05, 4.69) is 10.5 Å². The minimum absolute atomic E-state index is 0.0172. The van der Waals surface area contributed by atoms with E-state index in [0.29, 0.717) is 0 Å². The third-order valence-corrected chi connectivity index (χ3v) is 5.64. The minimum atomic E-state index is -3.89. The Bertz CT molecular complexity index is 955. The predicted octanol–water partition coefficient (Wildman–Crippen LogP) is 2.08. The summed E-state index contributed by atoms with van der Waals surface area (Å²) in [4.78, 5) is 12.1. The number of nitrogens with one attached hydrogen (secondary N) is 1. The molecule has 27 heavy (non-hydrogen) atoms. The SMILES string of the molecule is COc1ccc(C)cc1S(=O)(=O)N(C)CC(=O)N/N=C/c1cccc(C)c1. The van der Waals surface area contributed by atoms with Gasteiger partial charge in [-0.3, -0.25) is 4.79 Å². The molecule has 2 aromatic rings. The van der Waals surface area contributed by atoms with Gasteiger partial charge in [0.25, 0.3) is 5.91 Å². The van der Waals surface area contributed by atoms with Gasteiger partial charge in [0, 0.05) is 7.05 Å². The first-order valence-corrected chi connectivity index (χ1v) is 9.67. The average molecular weight is 389 g/mol. The molecule has 7 nitrogen and oxygen atoms in total. The molecule has 0 saturated heterocycles. The van der Waals surface area contributed by atoms with Crippen LogP contribution in [-0.4, -0.2) is 45.5 Å². The molecule has 0 aliphatic heterocycles. The maximum absolute atomic E-state index is 12.8. The van der Waals surface area contributed by atoms with Gasteiger partial charge in [-0.1, -0.05) is 35.9 Å². The van der Waals surface area contributed by atoms with E-state index < -0.39 is 15.9 Å². The highest BCUT2D eigenvalue weighted by molar-refractivity contribution is 7.89. The number of aryl methyl sites for hydroxylation is 2. The molecule has 2 aromatic carbocycles. The second kappa shape index (κ2) is 8.79. The Morgan fingerprint density at radius 1 is 1.19 bits per heavy atom. The third-order valence-electron chi connectivity index (χ3n) is 3.82. The summed E-state index contributed by atoms with van der Waals surface area (Å²) < 4.78 is 31.6. The van der Waals surface area contributed by atoms with Gasteiger partial charge in [0.15, 0.2) is 0 Å². The summed E-state index contributed by atoms with van der Waals surface area (Å²) in [6, 6.07) is 12.5. The molecule has 0 aliphatic carbocycles. The summed E-state index contributed by atoms with van der Waals surface area (Å²) in [5, 5.41) is 3.87. The summed E-state index contributed by atoms with van der Waals surface area (Å²) in [6.07, 6.45) is 1.50. The first-order valence-electron chi connectivity index (χ1n) is 8.23. The van der Waals surface area contributed by atoms with E-state index in [1.165, 1.54) is 26.4 Å². The number of nitrogens with zero attached hydrogens (tertiary/aromatic N) is 2. The number of hydrogen-bond donors (Lipinski definition) is 1. The van der Waals surface area contributed by atoms with Gasteiger partial charge in [-0.2, -0.15) is 9.41 Å². The number of ether oxygens (including phenoxy) is 1. The lowest BCUT2D eigenvalue weighted by Crippen LogP contribution is -2.36. The van der Waals surface area contributed by atoms with Crippen LogP contribution in [0, 0.1) is 13.8 Å². The minimum Gasteiger partial charge on any atom is -0.495 e. The van der Waals surface area contributed by atoms with E-state index in [-0.39, 0.29) is 17.2 Å². The van der Waals surface area contributed by atoms with Crippen molar-refractivity contribution in [1.29, 1.82) is 0 Å². The Morgan fingerprint density at radius 2 is 1.89 bits per heavy atom. The van der Waals surface area contributed by atoms with E-state index in [1.54, 1.807) is 19.1 Å². The van der Waals surface area contributed by atoms with E-state index in [1.807, 2.05) is 31.2 Å². The Balaban J connectivity index is 2.06. The van der Waals surface area contributed by atoms with Crippen LogP contribution in [-0.2, 0) is 14.8 Å². The molecule has 8 heteroatoms. The van der Waals surface area contributed by atoms with Crippen molar-refractivity contribution in [2.75, 3.05) is 20.7 Å². The van der Waals surface area contributed by atoms with Crippen LogP contribution in [0.2, 0.25) is 0 Å². The number of likely N-dealkylation sites (N-methyl/N-ethyl adjacent to an activating group) is 1. The van der Waals surface area contributed by atoms with E-state index >= 15 is 0 Å². The number of hydrazone groups is 1. The quantitative estimate of drug-likeness (QED) is 0.580. The molecule has 0 radical (unpaired) electrons. The molecule has 1 N–H and O–H groups in total. The van der Waals surface area contributed by atoms with Crippen LogP contribution >= 0.6 is 0 Å². The topological polar surface area (TPSA) is 88.1 Å². The van der Waals surface area contributed by atoms with Crippen LogP contribution in [0.3, 0.4) is 0 Å². The molecule has 0 heterocycles. The molecule has 0 saturated carbocycles. The first kappa shape index (κ1) is 20.6. The van der Waals surface area contributed by atoms with E-state index in [0.717, 1.165) is 21.0 Å². The fourth-order valence-electron chi connectivity index (χ4n) is 2.41. The van der Waals surface area contributed by atoms with Crippen molar-refractivity contribution in [2.45, 2.75) is 18.7 Å². The second-order valence-electron chi connectivity index (χ2n) is 6.12. The molecule has 0 atom stereocenters. The number of hydrogen-bond acceptors (Lipinski definition) is 5. The van der Waals surface area contributed by atoms with Crippen molar-refractivity contribution in [2.24, 2.45) is 5.10 Å². The molecule has 2 rings (SSSR count). The zero-order chi connectivity index (χ0) is 20.0. The molecule has 144 valence electrons. The van der Waals surface area contributed by atoms with Crippen LogP contribution in [0.15, 0.2) is 52.5 Å².